The Kier molecular flexibility index (Phi) is 5.91. The highest BCUT2D eigenvalue weighted by Gasteiger charge is 2.29. The minimum atomic E-state index is -0.860. The summed E-state index contributed by atoms with van der Waals surface area (Å²) in [6, 6.07) is 8.49. The van der Waals surface area contributed by atoms with Crippen molar-refractivity contribution in [3.05, 3.63) is 41.7 Å². The maximum absolute atomic E-state index is 12.3. The fraction of sp³-hybridized carbons (Fsp3) is 0.421. The van der Waals surface area contributed by atoms with E-state index in [9.17, 15) is 10.1 Å². The molecule has 0 aliphatic carbocycles. The third-order valence-electron chi connectivity index (χ3n) is 4.21. The Labute approximate surface area is 153 Å². The Bertz CT molecular complexity index is 786. The average Bonchev–Trinajstić information content (AvgIpc) is 3.00. The van der Waals surface area contributed by atoms with Crippen LogP contribution in [-0.4, -0.2) is 26.8 Å². The average molecular weight is 356 g/mol. The number of hydrogen-bond donors (Lipinski definition) is 1. The van der Waals surface area contributed by atoms with E-state index in [1.165, 1.54) is 22.9 Å². The number of aromatic nitrogens is 2. The van der Waals surface area contributed by atoms with Crippen LogP contribution in [0.25, 0.3) is 5.69 Å². The van der Waals surface area contributed by atoms with E-state index >= 15 is 0 Å². The van der Waals surface area contributed by atoms with Gasteiger partial charge in [0.1, 0.15) is 5.54 Å². The smallest absolute Gasteiger partial charge is 0.231 e. The monoisotopic (exact) mass is 356 g/mol. The van der Waals surface area contributed by atoms with Crippen molar-refractivity contribution in [2.75, 3.05) is 5.75 Å². The zero-order valence-corrected chi connectivity index (χ0v) is 16.1. The summed E-state index contributed by atoms with van der Waals surface area (Å²) in [5.41, 5.74) is 2.53. The second kappa shape index (κ2) is 7.75. The molecule has 25 heavy (non-hydrogen) atoms. The van der Waals surface area contributed by atoms with Crippen LogP contribution in [0.1, 0.15) is 31.9 Å². The summed E-state index contributed by atoms with van der Waals surface area (Å²) in [6.45, 7) is 9.70. The van der Waals surface area contributed by atoms with Gasteiger partial charge in [-0.25, -0.2) is 4.98 Å². The van der Waals surface area contributed by atoms with Gasteiger partial charge in [0.05, 0.1) is 11.8 Å². The second-order valence-electron chi connectivity index (χ2n) is 6.73. The number of nitriles is 1. The molecule has 6 heteroatoms. The lowest BCUT2D eigenvalue weighted by Gasteiger charge is -2.27. The fourth-order valence-electron chi connectivity index (χ4n) is 2.44. The number of aryl methyl sites for hydroxylation is 2. The van der Waals surface area contributed by atoms with E-state index in [0.29, 0.717) is 0 Å². The van der Waals surface area contributed by atoms with Gasteiger partial charge in [-0.3, -0.25) is 9.36 Å². The van der Waals surface area contributed by atoms with Gasteiger partial charge in [-0.2, -0.15) is 5.26 Å². The Morgan fingerprint density at radius 1 is 1.36 bits per heavy atom. The van der Waals surface area contributed by atoms with E-state index in [2.05, 4.69) is 48.4 Å². The SMILES string of the molecule is Cc1cc(C)cc(-n2ccnc2SCC(=O)NC(C)(C#N)C(C)C)c1. The van der Waals surface area contributed by atoms with Crippen LogP contribution in [-0.2, 0) is 4.79 Å². The number of thioether (sulfide) groups is 1. The van der Waals surface area contributed by atoms with E-state index in [4.69, 9.17) is 0 Å². The number of carbonyl (C=O) groups excluding carboxylic acids is 1. The minimum absolute atomic E-state index is 0.0312. The summed E-state index contributed by atoms with van der Waals surface area (Å²) in [5, 5.41) is 12.9. The molecule has 5 nitrogen and oxygen atoms in total. The van der Waals surface area contributed by atoms with E-state index in [1.54, 1.807) is 13.1 Å². The molecule has 1 atom stereocenters. The maximum atomic E-state index is 12.3. The van der Waals surface area contributed by atoms with Crippen molar-refractivity contribution in [3.8, 4) is 11.8 Å². The van der Waals surface area contributed by atoms with E-state index in [1.807, 2.05) is 24.6 Å². The van der Waals surface area contributed by atoms with Gasteiger partial charge in [0, 0.05) is 18.1 Å². The highest BCUT2D eigenvalue weighted by atomic mass is 32.2. The number of benzene rings is 1. The first kappa shape index (κ1) is 19.1. The first-order valence-corrected chi connectivity index (χ1v) is 9.21. The molecule has 1 unspecified atom stereocenters. The molecular weight excluding hydrogens is 332 g/mol. The molecule has 0 aliphatic rings. The molecule has 1 amide bonds. The largest absolute Gasteiger partial charge is 0.337 e. The number of nitrogens with zero attached hydrogens (tertiary/aromatic N) is 3. The van der Waals surface area contributed by atoms with Gasteiger partial charge in [-0.15, -0.1) is 0 Å². The van der Waals surface area contributed by atoms with Crippen LogP contribution in [0.3, 0.4) is 0 Å². The van der Waals surface area contributed by atoms with Gasteiger partial charge in [0.15, 0.2) is 5.16 Å². The van der Waals surface area contributed by atoms with Crippen LogP contribution < -0.4 is 5.32 Å². The molecule has 0 spiro atoms. The number of imidazole rings is 1. The van der Waals surface area contributed by atoms with Crippen molar-refractivity contribution in [1.82, 2.24) is 14.9 Å². The van der Waals surface area contributed by atoms with Crippen LogP contribution in [0, 0.1) is 31.1 Å². The minimum Gasteiger partial charge on any atom is -0.337 e. The van der Waals surface area contributed by atoms with Crippen LogP contribution in [0.2, 0.25) is 0 Å². The van der Waals surface area contributed by atoms with Gasteiger partial charge < -0.3 is 5.32 Å². The van der Waals surface area contributed by atoms with Crippen LogP contribution in [0.4, 0.5) is 0 Å². The van der Waals surface area contributed by atoms with Crippen molar-refractivity contribution >= 4 is 17.7 Å². The van der Waals surface area contributed by atoms with Crippen molar-refractivity contribution in [3.63, 3.8) is 0 Å². The van der Waals surface area contributed by atoms with Crippen molar-refractivity contribution in [2.24, 2.45) is 5.92 Å². The van der Waals surface area contributed by atoms with Crippen LogP contribution in [0.5, 0.6) is 0 Å². The van der Waals surface area contributed by atoms with E-state index in [-0.39, 0.29) is 17.6 Å². The Balaban J connectivity index is 2.09. The standard InChI is InChI=1S/C19H24N4OS/c1-13(2)19(5,12-20)22-17(24)11-25-18-21-6-7-23(18)16-9-14(3)8-15(4)10-16/h6-10,13H,11H2,1-5H3,(H,22,24). The van der Waals surface area contributed by atoms with Crippen molar-refractivity contribution in [1.29, 1.82) is 5.26 Å². The van der Waals surface area contributed by atoms with Gasteiger partial charge >= 0.3 is 0 Å². The summed E-state index contributed by atoms with van der Waals surface area (Å²) in [5.74, 6) is 0.0765. The molecular formula is C19H24N4OS. The predicted molar refractivity (Wildman–Crippen MR) is 101 cm³/mol. The Hall–Kier alpha value is -2.26. The molecule has 0 fully saturated rings. The molecule has 0 radical (unpaired) electrons. The van der Waals surface area contributed by atoms with E-state index in [0.717, 1.165) is 10.8 Å². The number of hydrogen-bond acceptors (Lipinski definition) is 4. The third-order valence-corrected chi connectivity index (χ3v) is 5.18. The third kappa shape index (κ3) is 4.64. The highest BCUT2D eigenvalue weighted by Crippen LogP contribution is 2.23. The highest BCUT2D eigenvalue weighted by molar-refractivity contribution is 7.99. The quantitative estimate of drug-likeness (QED) is 0.802. The molecule has 0 saturated carbocycles. The summed E-state index contributed by atoms with van der Waals surface area (Å²) in [7, 11) is 0. The maximum Gasteiger partial charge on any atom is 0.231 e. The Morgan fingerprint density at radius 2 is 2.00 bits per heavy atom. The van der Waals surface area contributed by atoms with Gasteiger partial charge in [0.2, 0.25) is 5.91 Å². The van der Waals surface area contributed by atoms with Gasteiger partial charge in [-0.1, -0.05) is 31.7 Å². The first-order chi connectivity index (χ1) is 11.7. The number of carbonyl (C=O) groups is 1. The summed E-state index contributed by atoms with van der Waals surface area (Å²) < 4.78 is 1.98. The predicted octanol–water partition coefficient (Wildman–Crippen LogP) is 3.64. The van der Waals surface area contributed by atoms with Crippen LogP contribution in [0.15, 0.2) is 35.7 Å². The van der Waals surface area contributed by atoms with E-state index < -0.39 is 5.54 Å². The second-order valence-corrected chi connectivity index (χ2v) is 7.67. The number of rotatable bonds is 6. The topological polar surface area (TPSA) is 70.7 Å². The molecule has 1 aromatic carbocycles. The van der Waals surface area contributed by atoms with Crippen LogP contribution >= 0.6 is 11.8 Å². The Morgan fingerprint density at radius 3 is 2.56 bits per heavy atom. The van der Waals surface area contributed by atoms with Gasteiger partial charge in [0.25, 0.3) is 0 Å². The molecule has 2 rings (SSSR count). The molecule has 0 aliphatic heterocycles. The lowest BCUT2D eigenvalue weighted by atomic mass is 9.90. The summed E-state index contributed by atoms with van der Waals surface area (Å²) in [6.07, 6.45) is 3.62. The zero-order valence-electron chi connectivity index (χ0n) is 15.3. The number of amides is 1. The lowest BCUT2D eigenvalue weighted by molar-refractivity contribution is -0.120. The zero-order chi connectivity index (χ0) is 18.6. The molecule has 2 aromatic rings. The van der Waals surface area contributed by atoms with Crippen molar-refractivity contribution < 1.29 is 4.79 Å². The fourth-order valence-corrected chi connectivity index (χ4v) is 3.21. The van der Waals surface area contributed by atoms with Crippen molar-refractivity contribution in [2.45, 2.75) is 45.3 Å². The molecule has 0 bridgehead atoms. The lowest BCUT2D eigenvalue weighted by Crippen LogP contribution is -2.49. The molecule has 1 heterocycles. The molecule has 1 aromatic heterocycles. The molecule has 0 saturated heterocycles. The summed E-state index contributed by atoms with van der Waals surface area (Å²) >= 11 is 1.36. The molecule has 132 valence electrons. The normalized spacial score (nSPS) is 13.3. The first-order valence-electron chi connectivity index (χ1n) is 8.22. The molecule has 1 N–H and O–H groups in total. The summed E-state index contributed by atoms with van der Waals surface area (Å²) in [4.78, 5) is 16.6. The van der Waals surface area contributed by atoms with Gasteiger partial charge in [-0.05, 0) is 49.9 Å². The number of nitrogens with one attached hydrogen (secondary N) is 1.